The van der Waals surface area contributed by atoms with Crippen molar-refractivity contribution in [3.05, 3.63) is 29.6 Å². The van der Waals surface area contributed by atoms with Crippen molar-refractivity contribution in [2.75, 3.05) is 6.54 Å². The van der Waals surface area contributed by atoms with E-state index >= 15 is 0 Å². The molecule has 0 spiro atoms. The lowest BCUT2D eigenvalue weighted by Gasteiger charge is -2.15. The van der Waals surface area contributed by atoms with Crippen LogP contribution in [0.15, 0.2) is 18.2 Å². The first-order chi connectivity index (χ1) is 9.08. The van der Waals surface area contributed by atoms with Gasteiger partial charge in [-0.15, -0.1) is 0 Å². The second-order valence-electron chi connectivity index (χ2n) is 4.37. The Balaban J connectivity index is 2.56. The molecule has 0 heterocycles. The predicted octanol–water partition coefficient (Wildman–Crippen LogP) is 1.97. The van der Waals surface area contributed by atoms with Crippen molar-refractivity contribution in [3.8, 4) is 5.75 Å². The summed E-state index contributed by atoms with van der Waals surface area (Å²) < 4.78 is 19.0. The zero-order chi connectivity index (χ0) is 14.3. The van der Waals surface area contributed by atoms with Gasteiger partial charge in [-0.3, -0.25) is 4.79 Å². The summed E-state index contributed by atoms with van der Waals surface area (Å²) in [4.78, 5) is 11.7. The molecule has 1 aromatic rings. The van der Waals surface area contributed by atoms with E-state index in [0.717, 1.165) is 12.8 Å². The van der Waals surface area contributed by atoms with Crippen LogP contribution in [-0.4, -0.2) is 18.6 Å². The Labute approximate surface area is 113 Å². The SMILES string of the molecule is CCCCNC(=O)C(C)Oc1ccc(CN)cc1F. The highest BCUT2D eigenvalue weighted by molar-refractivity contribution is 5.80. The summed E-state index contributed by atoms with van der Waals surface area (Å²) in [7, 11) is 0. The van der Waals surface area contributed by atoms with Crippen molar-refractivity contribution in [2.24, 2.45) is 5.73 Å². The Morgan fingerprint density at radius 3 is 2.84 bits per heavy atom. The number of rotatable bonds is 7. The molecular formula is C14H21FN2O2. The Morgan fingerprint density at radius 1 is 1.53 bits per heavy atom. The molecule has 1 unspecified atom stereocenters. The topological polar surface area (TPSA) is 64.3 Å². The third-order valence-corrected chi connectivity index (χ3v) is 2.73. The van der Waals surface area contributed by atoms with Crippen LogP contribution >= 0.6 is 0 Å². The molecule has 1 amide bonds. The molecule has 0 aliphatic rings. The number of unbranched alkanes of at least 4 members (excludes halogenated alkanes) is 1. The fourth-order valence-electron chi connectivity index (χ4n) is 1.54. The molecule has 0 aliphatic heterocycles. The average molecular weight is 268 g/mol. The molecule has 0 saturated heterocycles. The summed E-state index contributed by atoms with van der Waals surface area (Å²) in [5.74, 6) is -0.678. The Kier molecular flexibility index (Phi) is 6.29. The van der Waals surface area contributed by atoms with E-state index in [1.807, 2.05) is 6.92 Å². The third-order valence-electron chi connectivity index (χ3n) is 2.73. The van der Waals surface area contributed by atoms with E-state index in [2.05, 4.69) is 5.32 Å². The minimum Gasteiger partial charge on any atom is -0.478 e. The maximum Gasteiger partial charge on any atom is 0.260 e. The standard InChI is InChI=1S/C14H21FN2O2/c1-3-4-7-17-14(18)10(2)19-13-6-5-11(9-16)8-12(13)15/h5-6,8,10H,3-4,7,9,16H2,1-2H3,(H,17,18). The summed E-state index contributed by atoms with van der Waals surface area (Å²) in [6, 6.07) is 4.49. The summed E-state index contributed by atoms with van der Waals surface area (Å²) in [6.45, 7) is 4.51. The Hall–Kier alpha value is -1.62. The van der Waals surface area contributed by atoms with Crippen LogP contribution in [0.1, 0.15) is 32.3 Å². The van der Waals surface area contributed by atoms with Gasteiger partial charge in [-0.05, 0) is 31.0 Å². The monoisotopic (exact) mass is 268 g/mol. The number of halogens is 1. The lowest BCUT2D eigenvalue weighted by atomic mass is 10.2. The molecule has 5 heteroatoms. The van der Waals surface area contributed by atoms with Gasteiger partial charge in [0.25, 0.3) is 5.91 Å². The van der Waals surface area contributed by atoms with Gasteiger partial charge in [0.05, 0.1) is 0 Å². The van der Waals surface area contributed by atoms with Gasteiger partial charge in [0.2, 0.25) is 0 Å². The molecule has 4 nitrogen and oxygen atoms in total. The van der Waals surface area contributed by atoms with E-state index in [0.29, 0.717) is 12.1 Å². The minimum atomic E-state index is -0.727. The van der Waals surface area contributed by atoms with E-state index in [1.165, 1.54) is 12.1 Å². The smallest absolute Gasteiger partial charge is 0.260 e. The van der Waals surface area contributed by atoms with Crippen LogP contribution in [0.4, 0.5) is 4.39 Å². The Bertz CT molecular complexity index is 424. The predicted molar refractivity (Wildman–Crippen MR) is 72.3 cm³/mol. The largest absolute Gasteiger partial charge is 0.478 e. The molecule has 1 aromatic carbocycles. The van der Waals surface area contributed by atoms with Gasteiger partial charge < -0.3 is 15.8 Å². The first kappa shape index (κ1) is 15.4. The molecule has 106 valence electrons. The average Bonchev–Trinajstić information content (AvgIpc) is 2.41. The van der Waals surface area contributed by atoms with Crippen LogP contribution < -0.4 is 15.8 Å². The summed E-state index contributed by atoms with van der Waals surface area (Å²) in [5, 5.41) is 2.74. The van der Waals surface area contributed by atoms with E-state index in [-0.39, 0.29) is 18.2 Å². The number of carbonyl (C=O) groups is 1. The number of benzene rings is 1. The number of carbonyl (C=O) groups excluding carboxylic acids is 1. The molecule has 1 rings (SSSR count). The van der Waals surface area contributed by atoms with Gasteiger partial charge in [0.15, 0.2) is 17.7 Å². The highest BCUT2D eigenvalue weighted by atomic mass is 19.1. The second kappa shape index (κ2) is 7.74. The number of nitrogens with two attached hydrogens (primary N) is 1. The number of nitrogens with one attached hydrogen (secondary N) is 1. The van der Waals surface area contributed by atoms with Gasteiger partial charge in [0, 0.05) is 13.1 Å². The van der Waals surface area contributed by atoms with Crippen molar-refractivity contribution >= 4 is 5.91 Å². The summed E-state index contributed by atoms with van der Waals surface area (Å²) in [6.07, 6.45) is 1.19. The quantitative estimate of drug-likeness (QED) is 0.743. The van der Waals surface area contributed by atoms with Crippen molar-refractivity contribution in [2.45, 2.75) is 39.3 Å². The zero-order valence-corrected chi connectivity index (χ0v) is 11.4. The van der Waals surface area contributed by atoms with Crippen LogP contribution in [0.25, 0.3) is 0 Å². The molecule has 19 heavy (non-hydrogen) atoms. The van der Waals surface area contributed by atoms with Crippen LogP contribution in [0, 0.1) is 5.82 Å². The fourth-order valence-corrected chi connectivity index (χ4v) is 1.54. The molecule has 0 fully saturated rings. The lowest BCUT2D eigenvalue weighted by molar-refractivity contribution is -0.127. The van der Waals surface area contributed by atoms with Gasteiger partial charge >= 0.3 is 0 Å². The molecule has 0 aromatic heterocycles. The fraction of sp³-hybridized carbons (Fsp3) is 0.500. The first-order valence-corrected chi connectivity index (χ1v) is 6.51. The molecule has 0 radical (unpaired) electrons. The maximum absolute atomic E-state index is 13.7. The van der Waals surface area contributed by atoms with Crippen LogP contribution in [0.3, 0.4) is 0 Å². The zero-order valence-electron chi connectivity index (χ0n) is 11.4. The molecule has 0 aliphatic carbocycles. The van der Waals surface area contributed by atoms with Crippen LogP contribution in [0.5, 0.6) is 5.75 Å². The third kappa shape index (κ3) is 4.87. The van der Waals surface area contributed by atoms with E-state index in [1.54, 1.807) is 13.0 Å². The number of hydrogen-bond donors (Lipinski definition) is 2. The lowest BCUT2D eigenvalue weighted by Crippen LogP contribution is -2.36. The van der Waals surface area contributed by atoms with Gasteiger partial charge in [-0.1, -0.05) is 19.4 Å². The molecule has 0 saturated carbocycles. The number of ether oxygens (including phenoxy) is 1. The molecule has 3 N–H and O–H groups in total. The van der Waals surface area contributed by atoms with Crippen LogP contribution in [0.2, 0.25) is 0 Å². The molecular weight excluding hydrogens is 247 g/mol. The molecule has 1 atom stereocenters. The van der Waals surface area contributed by atoms with Gasteiger partial charge in [-0.2, -0.15) is 0 Å². The highest BCUT2D eigenvalue weighted by Gasteiger charge is 2.16. The second-order valence-corrected chi connectivity index (χ2v) is 4.37. The van der Waals surface area contributed by atoms with E-state index in [4.69, 9.17) is 10.5 Å². The van der Waals surface area contributed by atoms with Crippen molar-refractivity contribution in [1.29, 1.82) is 0 Å². The highest BCUT2D eigenvalue weighted by Crippen LogP contribution is 2.19. The summed E-state index contributed by atoms with van der Waals surface area (Å²) >= 11 is 0. The van der Waals surface area contributed by atoms with Gasteiger partial charge in [-0.25, -0.2) is 4.39 Å². The number of amides is 1. The summed E-state index contributed by atoms with van der Waals surface area (Å²) in [5.41, 5.74) is 6.10. The van der Waals surface area contributed by atoms with Gasteiger partial charge in [0.1, 0.15) is 0 Å². The van der Waals surface area contributed by atoms with E-state index < -0.39 is 11.9 Å². The van der Waals surface area contributed by atoms with Crippen molar-refractivity contribution in [1.82, 2.24) is 5.32 Å². The Morgan fingerprint density at radius 2 is 2.26 bits per heavy atom. The minimum absolute atomic E-state index is 0.0651. The molecule has 0 bridgehead atoms. The van der Waals surface area contributed by atoms with Crippen molar-refractivity contribution < 1.29 is 13.9 Å². The van der Waals surface area contributed by atoms with Crippen molar-refractivity contribution in [3.63, 3.8) is 0 Å². The van der Waals surface area contributed by atoms with E-state index in [9.17, 15) is 9.18 Å². The van der Waals surface area contributed by atoms with Crippen LogP contribution in [-0.2, 0) is 11.3 Å². The normalized spacial score (nSPS) is 12.0. The maximum atomic E-state index is 13.7. The first-order valence-electron chi connectivity index (χ1n) is 6.51. The number of hydrogen-bond acceptors (Lipinski definition) is 3.